The van der Waals surface area contributed by atoms with Gasteiger partial charge in [-0.15, -0.1) is 10.2 Å². The lowest BCUT2D eigenvalue weighted by Crippen LogP contribution is -2.22. The lowest BCUT2D eigenvalue weighted by Gasteiger charge is -2.21. The number of tetrazole rings is 1. The van der Waals surface area contributed by atoms with Crippen LogP contribution in [0.2, 0.25) is 5.02 Å². The van der Waals surface area contributed by atoms with Gasteiger partial charge < -0.3 is 9.47 Å². The van der Waals surface area contributed by atoms with Crippen LogP contribution in [0.25, 0.3) is 11.3 Å². The normalized spacial score (nSPS) is 15.2. The van der Waals surface area contributed by atoms with E-state index in [0.717, 1.165) is 49.7 Å². The van der Waals surface area contributed by atoms with Gasteiger partial charge in [0.15, 0.2) is 5.82 Å². The highest BCUT2D eigenvalue weighted by Gasteiger charge is 2.18. The van der Waals surface area contributed by atoms with Crippen LogP contribution in [-0.4, -0.2) is 55.5 Å². The van der Waals surface area contributed by atoms with E-state index in [0.29, 0.717) is 23.2 Å². The Labute approximate surface area is 161 Å². The van der Waals surface area contributed by atoms with Crippen LogP contribution in [0.3, 0.4) is 0 Å². The highest BCUT2D eigenvalue weighted by Crippen LogP contribution is 2.29. The Morgan fingerprint density at radius 1 is 1.22 bits per heavy atom. The van der Waals surface area contributed by atoms with Crippen LogP contribution in [0.5, 0.6) is 5.75 Å². The van der Waals surface area contributed by atoms with Crippen molar-refractivity contribution in [3.8, 4) is 17.0 Å². The van der Waals surface area contributed by atoms with Gasteiger partial charge in [-0.2, -0.15) is 0 Å². The largest absolute Gasteiger partial charge is 0.495 e. The average Bonchev–Trinajstić information content (AvgIpc) is 3.33. The number of halogens is 1. The molecule has 142 valence electrons. The molecular formula is C17H20ClN7O2. The van der Waals surface area contributed by atoms with Crippen molar-refractivity contribution in [3.63, 3.8) is 0 Å². The highest BCUT2D eigenvalue weighted by molar-refractivity contribution is 6.32. The van der Waals surface area contributed by atoms with E-state index in [1.807, 2.05) is 23.0 Å². The first kappa shape index (κ1) is 17.9. The first-order valence-corrected chi connectivity index (χ1v) is 9.17. The molecule has 10 heteroatoms. The first-order valence-electron chi connectivity index (χ1n) is 8.80. The number of hydrogen-bond acceptors (Lipinski definition) is 7. The number of nitrogens with zero attached hydrogens (tertiary/aromatic N) is 7. The van der Waals surface area contributed by atoms with E-state index in [1.54, 1.807) is 17.9 Å². The van der Waals surface area contributed by atoms with Crippen molar-refractivity contribution in [1.29, 1.82) is 0 Å². The lowest BCUT2D eigenvalue weighted by molar-refractivity contribution is 0.0596. The molecule has 0 unspecified atom stereocenters. The molecule has 9 nitrogen and oxygen atoms in total. The van der Waals surface area contributed by atoms with Crippen LogP contribution in [0, 0.1) is 5.92 Å². The van der Waals surface area contributed by atoms with Crippen LogP contribution in [0.1, 0.15) is 18.7 Å². The number of rotatable bonds is 6. The molecule has 2 aromatic heterocycles. The van der Waals surface area contributed by atoms with E-state index in [-0.39, 0.29) is 0 Å². The number of ether oxygens (including phenoxy) is 2. The summed E-state index contributed by atoms with van der Waals surface area (Å²) < 4.78 is 14.2. The molecule has 1 aliphatic heterocycles. The Morgan fingerprint density at radius 3 is 2.89 bits per heavy atom. The highest BCUT2D eigenvalue weighted by atomic mass is 35.5. The average molecular weight is 390 g/mol. The number of methoxy groups -OCH3 is 1. The van der Waals surface area contributed by atoms with Crippen molar-refractivity contribution in [2.45, 2.75) is 25.9 Å². The molecular weight excluding hydrogens is 370 g/mol. The Bertz CT molecular complexity index is 904. The quantitative estimate of drug-likeness (QED) is 0.637. The molecule has 0 spiro atoms. The molecule has 0 bridgehead atoms. The fourth-order valence-electron chi connectivity index (χ4n) is 3.12. The van der Waals surface area contributed by atoms with Gasteiger partial charge in [0.05, 0.1) is 18.3 Å². The molecule has 1 aromatic carbocycles. The predicted octanol–water partition coefficient (Wildman–Crippen LogP) is 2.07. The monoisotopic (exact) mass is 389 g/mol. The first-order chi connectivity index (χ1) is 13.2. The smallest absolute Gasteiger partial charge is 0.172 e. The molecule has 0 saturated carbocycles. The van der Waals surface area contributed by atoms with Gasteiger partial charge in [0.25, 0.3) is 0 Å². The molecule has 1 aliphatic rings. The molecule has 0 aliphatic carbocycles. The zero-order valence-corrected chi connectivity index (χ0v) is 15.7. The summed E-state index contributed by atoms with van der Waals surface area (Å²) in [6, 6.07) is 5.50. The van der Waals surface area contributed by atoms with Crippen molar-refractivity contribution >= 4 is 11.6 Å². The summed E-state index contributed by atoms with van der Waals surface area (Å²) in [5, 5.41) is 21.1. The van der Waals surface area contributed by atoms with Crippen LogP contribution in [-0.2, 0) is 17.8 Å². The van der Waals surface area contributed by atoms with E-state index in [4.69, 9.17) is 21.1 Å². The Balaban J connectivity index is 1.48. The number of benzene rings is 1. The number of hydrogen-bond donors (Lipinski definition) is 0. The second-order valence-corrected chi connectivity index (χ2v) is 6.89. The number of aromatic nitrogens is 7. The van der Waals surface area contributed by atoms with Crippen LogP contribution >= 0.6 is 11.6 Å². The molecule has 1 saturated heterocycles. The molecule has 4 rings (SSSR count). The fourth-order valence-corrected chi connectivity index (χ4v) is 3.32. The zero-order chi connectivity index (χ0) is 18.6. The van der Waals surface area contributed by atoms with E-state index in [9.17, 15) is 0 Å². The third-order valence-electron chi connectivity index (χ3n) is 4.67. The Morgan fingerprint density at radius 2 is 2.07 bits per heavy atom. The van der Waals surface area contributed by atoms with Gasteiger partial charge in [-0.05, 0) is 41.3 Å². The van der Waals surface area contributed by atoms with Crippen molar-refractivity contribution in [3.05, 3.63) is 35.2 Å². The molecule has 0 amide bonds. The molecule has 3 heterocycles. The maximum Gasteiger partial charge on any atom is 0.172 e. The van der Waals surface area contributed by atoms with E-state index in [2.05, 4.69) is 25.8 Å². The minimum absolute atomic E-state index is 0.452. The molecule has 0 radical (unpaired) electrons. The Kier molecular flexibility index (Phi) is 5.30. The zero-order valence-electron chi connectivity index (χ0n) is 15.0. The van der Waals surface area contributed by atoms with Gasteiger partial charge in [0.2, 0.25) is 0 Å². The predicted molar refractivity (Wildman–Crippen MR) is 97.5 cm³/mol. The topological polar surface area (TPSA) is 92.8 Å². The lowest BCUT2D eigenvalue weighted by atomic mass is 10.0. The molecule has 0 atom stereocenters. The third-order valence-corrected chi connectivity index (χ3v) is 4.98. The summed E-state index contributed by atoms with van der Waals surface area (Å²) in [4.78, 5) is 0. The molecule has 27 heavy (non-hydrogen) atoms. The van der Waals surface area contributed by atoms with Gasteiger partial charge in [-0.25, -0.2) is 9.36 Å². The van der Waals surface area contributed by atoms with Crippen molar-refractivity contribution in [2.24, 2.45) is 5.92 Å². The molecule has 1 fully saturated rings. The van der Waals surface area contributed by atoms with Crippen molar-refractivity contribution in [1.82, 2.24) is 35.2 Å². The van der Waals surface area contributed by atoms with Crippen LogP contribution < -0.4 is 4.74 Å². The summed E-state index contributed by atoms with van der Waals surface area (Å²) in [6.45, 7) is 2.85. The third kappa shape index (κ3) is 4.09. The van der Waals surface area contributed by atoms with Gasteiger partial charge in [-0.1, -0.05) is 22.9 Å². The van der Waals surface area contributed by atoms with E-state index < -0.39 is 0 Å². The second-order valence-electron chi connectivity index (χ2n) is 6.48. The minimum Gasteiger partial charge on any atom is -0.495 e. The van der Waals surface area contributed by atoms with E-state index in [1.165, 1.54) is 0 Å². The fraction of sp³-hybridized carbons (Fsp3) is 0.471. The maximum atomic E-state index is 6.08. The second kappa shape index (κ2) is 8.01. The van der Waals surface area contributed by atoms with Gasteiger partial charge in [0, 0.05) is 25.3 Å². The Hall–Kier alpha value is -2.52. The summed E-state index contributed by atoms with van der Waals surface area (Å²) in [7, 11) is 1.58. The minimum atomic E-state index is 0.452. The summed E-state index contributed by atoms with van der Waals surface area (Å²) in [6.07, 6.45) is 3.92. The van der Waals surface area contributed by atoms with Gasteiger partial charge in [-0.3, -0.25) is 0 Å². The standard InChI is InChI=1S/C17H20ClN7O2/c1-26-16-8-13(2-3-14(16)18)15-10-24(22-19-15)11-17-20-21-23-25(17)9-12-4-6-27-7-5-12/h2-3,8,10,12H,4-7,9,11H2,1H3. The van der Waals surface area contributed by atoms with Crippen molar-refractivity contribution in [2.75, 3.05) is 20.3 Å². The summed E-state index contributed by atoms with van der Waals surface area (Å²) in [5.41, 5.74) is 1.61. The maximum absolute atomic E-state index is 6.08. The summed E-state index contributed by atoms with van der Waals surface area (Å²) in [5.74, 6) is 1.89. The van der Waals surface area contributed by atoms with Gasteiger partial charge >= 0.3 is 0 Å². The van der Waals surface area contributed by atoms with E-state index >= 15 is 0 Å². The van der Waals surface area contributed by atoms with Gasteiger partial charge in [0.1, 0.15) is 18.0 Å². The molecule has 0 N–H and O–H groups in total. The summed E-state index contributed by atoms with van der Waals surface area (Å²) >= 11 is 6.08. The van der Waals surface area contributed by atoms with Crippen LogP contribution in [0.15, 0.2) is 24.4 Å². The SMILES string of the molecule is COc1cc(-c2cn(Cc3nnnn3CC3CCOCC3)nn2)ccc1Cl. The van der Waals surface area contributed by atoms with Crippen molar-refractivity contribution < 1.29 is 9.47 Å². The molecule has 3 aromatic rings. The van der Waals surface area contributed by atoms with Crippen LogP contribution in [0.4, 0.5) is 0 Å².